The van der Waals surface area contributed by atoms with Crippen LogP contribution in [0.1, 0.15) is 26.3 Å². The summed E-state index contributed by atoms with van der Waals surface area (Å²) in [5, 5.41) is 2.37. The molecular formula is C14H10Cl2N2O2. The van der Waals surface area contributed by atoms with Crippen LogP contribution in [-0.4, -0.2) is 16.1 Å². The van der Waals surface area contributed by atoms with Gasteiger partial charge in [-0.3, -0.25) is 9.59 Å². The van der Waals surface area contributed by atoms with Gasteiger partial charge in [0.05, 0.1) is 16.1 Å². The van der Waals surface area contributed by atoms with Gasteiger partial charge in [0, 0.05) is 6.20 Å². The third kappa shape index (κ3) is 3.35. The molecule has 0 aliphatic rings. The lowest BCUT2D eigenvalue weighted by atomic mass is 10.1. The summed E-state index contributed by atoms with van der Waals surface area (Å²) in [7, 11) is 0. The van der Waals surface area contributed by atoms with Crippen molar-refractivity contribution in [2.45, 2.75) is 6.92 Å². The highest BCUT2D eigenvalue weighted by Crippen LogP contribution is 2.19. The predicted octanol–water partition coefficient (Wildman–Crippen LogP) is 3.67. The van der Waals surface area contributed by atoms with E-state index in [0.717, 1.165) is 5.56 Å². The Hall–Kier alpha value is -1.91. The molecule has 102 valence electrons. The molecule has 0 aliphatic carbocycles. The number of amides is 1. The van der Waals surface area contributed by atoms with Gasteiger partial charge >= 0.3 is 0 Å². The monoisotopic (exact) mass is 308 g/mol. The second-order valence-corrected chi connectivity index (χ2v) is 4.89. The molecule has 0 atom stereocenters. The normalized spacial score (nSPS) is 10.2. The molecule has 1 N–H and O–H groups in total. The Morgan fingerprint density at radius 1 is 1.20 bits per heavy atom. The maximum atomic E-state index is 12.0. The topological polar surface area (TPSA) is 59.1 Å². The molecule has 1 aromatic heterocycles. The van der Waals surface area contributed by atoms with Crippen LogP contribution >= 0.6 is 23.2 Å². The Bertz CT molecular complexity index is 669. The second kappa shape index (κ2) is 6.03. The first-order chi connectivity index (χ1) is 9.47. The Morgan fingerprint density at radius 2 is 1.95 bits per heavy atom. The number of halogens is 2. The van der Waals surface area contributed by atoms with Gasteiger partial charge in [0.15, 0.2) is 0 Å². The van der Waals surface area contributed by atoms with Crippen LogP contribution in [0.15, 0.2) is 36.5 Å². The van der Waals surface area contributed by atoms with Crippen molar-refractivity contribution < 1.29 is 9.59 Å². The molecule has 0 spiro atoms. The van der Waals surface area contributed by atoms with Crippen molar-refractivity contribution in [2.24, 2.45) is 0 Å². The second-order valence-electron chi connectivity index (χ2n) is 4.14. The third-order valence-electron chi connectivity index (χ3n) is 2.60. The number of carbonyl (C=O) groups is 2. The molecule has 1 heterocycles. The van der Waals surface area contributed by atoms with Crippen LogP contribution in [0.2, 0.25) is 5.02 Å². The lowest BCUT2D eigenvalue weighted by molar-refractivity contribution is 0.102. The highest BCUT2D eigenvalue weighted by atomic mass is 35.5. The molecule has 20 heavy (non-hydrogen) atoms. The number of nitrogens with one attached hydrogen (secondary N) is 1. The van der Waals surface area contributed by atoms with Gasteiger partial charge in [-0.05, 0) is 48.4 Å². The van der Waals surface area contributed by atoms with Crippen LogP contribution in [0.4, 0.5) is 5.82 Å². The fourth-order valence-corrected chi connectivity index (χ4v) is 2.00. The van der Waals surface area contributed by atoms with Crippen LogP contribution < -0.4 is 5.32 Å². The molecule has 4 nitrogen and oxygen atoms in total. The Kier molecular flexibility index (Phi) is 4.37. The zero-order chi connectivity index (χ0) is 14.7. The van der Waals surface area contributed by atoms with Crippen molar-refractivity contribution in [3.05, 3.63) is 58.2 Å². The molecule has 1 aromatic carbocycles. The SMILES string of the molecule is Cc1ccc(C(=O)Nc2ccc(C(=O)Cl)cn2)c(Cl)c1. The van der Waals surface area contributed by atoms with Crippen LogP contribution in [0, 0.1) is 6.92 Å². The first-order valence-electron chi connectivity index (χ1n) is 5.71. The molecule has 6 heteroatoms. The van der Waals surface area contributed by atoms with E-state index in [9.17, 15) is 9.59 Å². The van der Waals surface area contributed by atoms with Crippen molar-refractivity contribution in [3.8, 4) is 0 Å². The van der Waals surface area contributed by atoms with Gasteiger partial charge in [0.2, 0.25) is 0 Å². The highest BCUT2D eigenvalue weighted by molar-refractivity contribution is 6.67. The minimum atomic E-state index is -0.600. The van der Waals surface area contributed by atoms with Gasteiger partial charge in [-0.25, -0.2) is 4.98 Å². The largest absolute Gasteiger partial charge is 0.307 e. The molecule has 0 bridgehead atoms. The number of aryl methyl sites for hydroxylation is 1. The fraction of sp³-hybridized carbons (Fsp3) is 0.0714. The number of aromatic nitrogens is 1. The summed E-state index contributed by atoms with van der Waals surface area (Å²) in [6.07, 6.45) is 1.29. The molecule has 0 radical (unpaired) electrons. The zero-order valence-corrected chi connectivity index (χ0v) is 12.0. The van der Waals surface area contributed by atoms with E-state index in [-0.39, 0.29) is 11.5 Å². The van der Waals surface area contributed by atoms with Crippen molar-refractivity contribution in [1.82, 2.24) is 4.98 Å². The lowest BCUT2D eigenvalue weighted by Crippen LogP contribution is -2.13. The number of benzene rings is 1. The molecule has 0 saturated heterocycles. The van der Waals surface area contributed by atoms with E-state index in [1.165, 1.54) is 18.3 Å². The molecule has 0 aliphatic heterocycles. The Morgan fingerprint density at radius 3 is 2.50 bits per heavy atom. The number of carbonyl (C=O) groups excluding carboxylic acids is 2. The molecule has 2 rings (SSSR count). The fourth-order valence-electron chi connectivity index (χ4n) is 1.57. The summed E-state index contributed by atoms with van der Waals surface area (Å²) < 4.78 is 0. The number of pyridine rings is 1. The highest BCUT2D eigenvalue weighted by Gasteiger charge is 2.11. The number of nitrogens with zero attached hydrogens (tertiary/aromatic N) is 1. The minimum absolute atomic E-state index is 0.262. The van der Waals surface area contributed by atoms with E-state index in [2.05, 4.69) is 10.3 Å². The summed E-state index contributed by atoms with van der Waals surface area (Å²) in [4.78, 5) is 26.9. The standard InChI is InChI=1S/C14H10Cl2N2O2/c1-8-2-4-10(11(15)6-8)14(20)18-12-5-3-9(7-17-12)13(16)19/h2-7H,1H3,(H,17,18,20). The minimum Gasteiger partial charge on any atom is -0.307 e. The van der Waals surface area contributed by atoms with Crippen LogP contribution in [0.25, 0.3) is 0 Å². The average Bonchev–Trinajstić information content (AvgIpc) is 2.39. The van der Waals surface area contributed by atoms with Crippen molar-refractivity contribution in [1.29, 1.82) is 0 Å². The quantitative estimate of drug-likeness (QED) is 0.880. The summed E-state index contributed by atoms with van der Waals surface area (Å²) in [5.74, 6) is -0.0549. The van der Waals surface area contributed by atoms with E-state index >= 15 is 0 Å². The Labute approximate surface area is 125 Å². The maximum Gasteiger partial charge on any atom is 0.258 e. The van der Waals surface area contributed by atoms with Gasteiger partial charge < -0.3 is 5.32 Å². The van der Waals surface area contributed by atoms with E-state index in [1.54, 1.807) is 18.2 Å². The summed E-state index contributed by atoms with van der Waals surface area (Å²) in [5.41, 5.74) is 1.59. The lowest BCUT2D eigenvalue weighted by Gasteiger charge is -2.07. The molecule has 1 amide bonds. The Balaban J connectivity index is 2.17. The third-order valence-corrected chi connectivity index (χ3v) is 3.13. The van der Waals surface area contributed by atoms with Crippen LogP contribution in [0.3, 0.4) is 0 Å². The van der Waals surface area contributed by atoms with Gasteiger partial charge in [-0.1, -0.05) is 17.7 Å². The van der Waals surface area contributed by atoms with Gasteiger partial charge in [-0.2, -0.15) is 0 Å². The van der Waals surface area contributed by atoms with Crippen molar-refractivity contribution >= 4 is 40.2 Å². The summed E-state index contributed by atoms with van der Waals surface area (Å²) in [6.45, 7) is 1.89. The van der Waals surface area contributed by atoms with Gasteiger partial charge in [0.1, 0.15) is 5.82 Å². The summed E-state index contributed by atoms with van der Waals surface area (Å²) in [6, 6.07) is 8.12. The number of hydrogen-bond donors (Lipinski definition) is 1. The number of rotatable bonds is 3. The number of anilines is 1. The van der Waals surface area contributed by atoms with E-state index < -0.39 is 5.24 Å². The van der Waals surface area contributed by atoms with Gasteiger partial charge in [-0.15, -0.1) is 0 Å². The molecule has 0 fully saturated rings. The smallest absolute Gasteiger partial charge is 0.258 e. The molecule has 0 unspecified atom stereocenters. The van der Waals surface area contributed by atoms with E-state index in [4.69, 9.17) is 23.2 Å². The van der Waals surface area contributed by atoms with Crippen LogP contribution in [0.5, 0.6) is 0 Å². The first kappa shape index (κ1) is 14.5. The molecular weight excluding hydrogens is 299 g/mol. The number of hydrogen-bond acceptors (Lipinski definition) is 3. The van der Waals surface area contributed by atoms with E-state index in [0.29, 0.717) is 16.4 Å². The molecule has 2 aromatic rings. The van der Waals surface area contributed by atoms with Crippen molar-refractivity contribution in [3.63, 3.8) is 0 Å². The predicted molar refractivity (Wildman–Crippen MR) is 78.6 cm³/mol. The van der Waals surface area contributed by atoms with Crippen LogP contribution in [-0.2, 0) is 0 Å². The van der Waals surface area contributed by atoms with E-state index in [1.807, 2.05) is 6.92 Å². The first-order valence-corrected chi connectivity index (χ1v) is 6.46. The molecule has 0 saturated carbocycles. The average molecular weight is 309 g/mol. The maximum absolute atomic E-state index is 12.0. The van der Waals surface area contributed by atoms with Gasteiger partial charge in [0.25, 0.3) is 11.1 Å². The van der Waals surface area contributed by atoms with Crippen molar-refractivity contribution in [2.75, 3.05) is 5.32 Å². The zero-order valence-electron chi connectivity index (χ0n) is 10.5. The summed E-state index contributed by atoms with van der Waals surface area (Å²) >= 11 is 11.3.